The summed E-state index contributed by atoms with van der Waals surface area (Å²) in [6, 6.07) is 10.8. The summed E-state index contributed by atoms with van der Waals surface area (Å²) in [6.07, 6.45) is 3.68. The molecular weight excluding hydrogens is 368 g/mol. The monoisotopic (exact) mass is 394 g/mol. The summed E-state index contributed by atoms with van der Waals surface area (Å²) in [5.74, 6) is 0.313. The molecular formula is C23H26N2O4. The van der Waals surface area contributed by atoms with Crippen LogP contribution in [-0.4, -0.2) is 17.0 Å². The van der Waals surface area contributed by atoms with Crippen molar-refractivity contribution in [1.82, 2.24) is 10.3 Å². The lowest BCUT2D eigenvalue weighted by molar-refractivity contribution is -0.127. The van der Waals surface area contributed by atoms with E-state index in [-0.39, 0.29) is 11.5 Å². The van der Waals surface area contributed by atoms with Gasteiger partial charge in [-0.2, -0.15) is 0 Å². The van der Waals surface area contributed by atoms with Crippen LogP contribution in [-0.2, 0) is 17.8 Å². The maximum atomic E-state index is 12.5. The number of unbranched alkanes of at least 4 members (excludes halogenated alkanes) is 1. The molecule has 1 atom stereocenters. The van der Waals surface area contributed by atoms with Crippen LogP contribution in [0.5, 0.6) is 5.75 Å². The predicted octanol–water partition coefficient (Wildman–Crippen LogP) is 3.92. The summed E-state index contributed by atoms with van der Waals surface area (Å²) in [6.45, 7) is 6.03. The van der Waals surface area contributed by atoms with E-state index in [1.54, 1.807) is 13.1 Å². The van der Waals surface area contributed by atoms with E-state index in [9.17, 15) is 9.59 Å². The maximum absolute atomic E-state index is 12.5. The fourth-order valence-corrected chi connectivity index (χ4v) is 3.20. The second-order valence-electron chi connectivity index (χ2n) is 7.13. The fourth-order valence-electron chi connectivity index (χ4n) is 3.20. The first-order valence-corrected chi connectivity index (χ1v) is 9.89. The van der Waals surface area contributed by atoms with Gasteiger partial charge in [-0.25, -0.2) is 4.79 Å². The van der Waals surface area contributed by atoms with Gasteiger partial charge in [0.15, 0.2) is 6.10 Å². The molecule has 0 saturated carbocycles. The van der Waals surface area contributed by atoms with E-state index in [1.807, 2.05) is 37.3 Å². The second kappa shape index (κ2) is 9.37. The van der Waals surface area contributed by atoms with Crippen LogP contribution in [0.3, 0.4) is 0 Å². The number of hydrogen-bond acceptors (Lipinski definition) is 5. The van der Waals surface area contributed by atoms with Crippen molar-refractivity contribution >= 4 is 16.9 Å². The van der Waals surface area contributed by atoms with E-state index in [4.69, 9.17) is 9.15 Å². The highest BCUT2D eigenvalue weighted by atomic mass is 16.5. The van der Waals surface area contributed by atoms with Crippen molar-refractivity contribution in [2.75, 3.05) is 0 Å². The molecule has 0 radical (unpaired) electrons. The van der Waals surface area contributed by atoms with Gasteiger partial charge in [0.25, 0.3) is 5.91 Å². The molecule has 152 valence electrons. The Labute approximate surface area is 169 Å². The van der Waals surface area contributed by atoms with E-state index in [0.29, 0.717) is 17.9 Å². The Bertz CT molecular complexity index is 1040. The zero-order chi connectivity index (χ0) is 20.8. The van der Waals surface area contributed by atoms with Crippen LogP contribution in [0.4, 0.5) is 0 Å². The Morgan fingerprint density at radius 1 is 1.28 bits per heavy atom. The smallest absolute Gasteiger partial charge is 0.336 e. The summed E-state index contributed by atoms with van der Waals surface area (Å²) in [5, 5.41) is 3.60. The maximum Gasteiger partial charge on any atom is 0.336 e. The molecule has 0 bridgehead atoms. The van der Waals surface area contributed by atoms with E-state index in [1.165, 1.54) is 6.07 Å². The molecule has 29 heavy (non-hydrogen) atoms. The molecule has 6 heteroatoms. The Morgan fingerprint density at radius 2 is 2.10 bits per heavy atom. The minimum Gasteiger partial charge on any atom is -0.480 e. The number of aryl methyl sites for hydroxylation is 2. The van der Waals surface area contributed by atoms with Crippen LogP contribution >= 0.6 is 0 Å². The van der Waals surface area contributed by atoms with Crippen molar-refractivity contribution < 1.29 is 13.9 Å². The van der Waals surface area contributed by atoms with Gasteiger partial charge < -0.3 is 14.5 Å². The highest BCUT2D eigenvalue weighted by molar-refractivity contribution is 5.88. The third-order valence-corrected chi connectivity index (χ3v) is 4.68. The third-order valence-electron chi connectivity index (χ3n) is 4.68. The van der Waals surface area contributed by atoms with Gasteiger partial charge in [-0.1, -0.05) is 19.4 Å². The lowest BCUT2D eigenvalue weighted by Crippen LogP contribution is -2.36. The first kappa shape index (κ1) is 20.6. The van der Waals surface area contributed by atoms with Crippen LogP contribution in [0, 0.1) is 6.92 Å². The van der Waals surface area contributed by atoms with Crippen molar-refractivity contribution in [2.45, 2.75) is 52.7 Å². The van der Waals surface area contributed by atoms with Gasteiger partial charge in [0.1, 0.15) is 11.3 Å². The number of amides is 1. The van der Waals surface area contributed by atoms with Gasteiger partial charge >= 0.3 is 5.63 Å². The molecule has 0 spiro atoms. The van der Waals surface area contributed by atoms with Gasteiger partial charge in [0.05, 0.1) is 17.6 Å². The van der Waals surface area contributed by atoms with Crippen molar-refractivity contribution in [1.29, 1.82) is 0 Å². The molecule has 2 aromatic heterocycles. The molecule has 1 aromatic carbocycles. The van der Waals surface area contributed by atoms with E-state index in [2.05, 4.69) is 17.2 Å². The molecule has 3 rings (SSSR count). The number of hydrogen-bond donors (Lipinski definition) is 1. The number of nitrogens with zero attached hydrogens (tertiary/aromatic N) is 1. The Balaban J connectivity index is 1.84. The first-order valence-electron chi connectivity index (χ1n) is 9.89. The van der Waals surface area contributed by atoms with Gasteiger partial charge in [0, 0.05) is 12.3 Å². The molecule has 2 heterocycles. The van der Waals surface area contributed by atoms with Crippen molar-refractivity contribution in [3.63, 3.8) is 0 Å². The SMILES string of the molecule is CCCCc1cc(=O)oc2cc(C)cc(O[C@@H](C)C(=O)NCc3ccccn3)c12. The zero-order valence-corrected chi connectivity index (χ0v) is 17.0. The first-order chi connectivity index (χ1) is 14.0. The van der Waals surface area contributed by atoms with Crippen LogP contribution in [0.1, 0.15) is 43.5 Å². The lowest BCUT2D eigenvalue weighted by Gasteiger charge is -2.18. The summed E-state index contributed by atoms with van der Waals surface area (Å²) < 4.78 is 11.4. The van der Waals surface area contributed by atoms with E-state index < -0.39 is 6.10 Å². The highest BCUT2D eigenvalue weighted by Gasteiger charge is 2.19. The number of rotatable bonds is 8. The molecule has 0 fully saturated rings. The Kier molecular flexibility index (Phi) is 6.65. The highest BCUT2D eigenvalue weighted by Crippen LogP contribution is 2.31. The van der Waals surface area contributed by atoms with E-state index in [0.717, 1.165) is 41.5 Å². The number of pyridine rings is 1. The van der Waals surface area contributed by atoms with Gasteiger partial charge in [-0.3, -0.25) is 9.78 Å². The van der Waals surface area contributed by atoms with Crippen molar-refractivity contribution in [3.05, 3.63) is 69.8 Å². The fraction of sp³-hybridized carbons (Fsp3) is 0.348. The summed E-state index contributed by atoms with van der Waals surface area (Å²) in [5.41, 5.74) is 2.66. The summed E-state index contributed by atoms with van der Waals surface area (Å²) in [7, 11) is 0. The minimum absolute atomic E-state index is 0.238. The molecule has 0 aliphatic carbocycles. The van der Waals surface area contributed by atoms with E-state index >= 15 is 0 Å². The standard InChI is InChI=1S/C23H26N2O4/c1-4-5-8-17-13-21(26)29-20-12-15(2)11-19(22(17)20)28-16(3)23(27)25-14-18-9-6-7-10-24-18/h6-7,9-13,16H,4-5,8,14H2,1-3H3,(H,25,27)/t16-/m0/s1. The number of aromatic nitrogens is 1. The number of nitrogens with one attached hydrogen (secondary N) is 1. The predicted molar refractivity (Wildman–Crippen MR) is 112 cm³/mol. The molecule has 1 amide bonds. The van der Waals surface area contributed by atoms with Gasteiger partial charge in [-0.15, -0.1) is 0 Å². The normalized spacial score (nSPS) is 12.0. The molecule has 0 aliphatic heterocycles. The summed E-state index contributed by atoms with van der Waals surface area (Å²) >= 11 is 0. The summed E-state index contributed by atoms with van der Waals surface area (Å²) in [4.78, 5) is 28.7. The van der Waals surface area contributed by atoms with Crippen molar-refractivity contribution in [2.24, 2.45) is 0 Å². The Morgan fingerprint density at radius 3 is 2.83 bits per heavy atom. The number of benzene rings is 1. The molecule has 6 nitrogen and oxygen atoms in total. The molecule has 0 saturated heterocycles. The van der Waals surface area contributed by atoms with Gasteiger partial charge in [-0.05, 0) is 62.1 Å². The largest absolute Gasteiger partial charge is 0.480 e. The van der Waals surface area contributed by atoms with Gasteiger partial charge in [0.2, 0.25) is 0 Å². The molecule has 3 aromatic rings. The van der Waals surface area contributed by atoms with Crippen LogP contribution in [0.25, 0.3) is 11.0 Å². The average Bonchev–Trinajstić information content (AvgIpc) is 2.70. The zero-order valence-electron chi connectivity index (χ0n) is 17.0. The number of fused-ring (bicyclic) bond motifs is 1. The van der Waals surface area contributed by atoms with Crippen LogP contribution in [0.2, 0.25) is 0 Å². The average molecular weight is 394 g/mol. The topological polar surface area (TPSA) is 81.4 Å². The quantitative estimate of drug-likeness (QED) is 0.586. The number of carbonyl (C=O) groups is 1. The third kappa shape index (κ3) is 5.22. The Hall–Kier alpha value is -3.15. The molecule has 1 N–H and O–H groups in total. The number of carbonyl (C=O) groups excluding carboxylic acids is 1. The number of ether oxygens (including phenoxy) is 1. The second-order valence-corrected chi connectivity index (χ2v) is 7.13. The van der Waals surface area contributed by atoms with Crippen molar-refractivity contribution in [3.8, 4) is 5.75 Å². The molecule has 0 unspecified atom stereocenters. The van der Waals surface area contributed by atoms with Crippen LogP contribution < -0.4 is 15.7 Å². The lowest BCUT2D eigenvalue weighted by atomic mass is 10.0. The molecule has 0 aliphatic rings. The van der Waals surface area contributed by atoms with Crippen LogP contribution in [0.15, 0.2) is 51.8 Å². The minimum atomic E-state index is -0.713.